The van der Waals surface area contributed by atoms with Crippen LogP contribution in [0.1, 0.15) is 26.2 Å². The number of aromatic amines is 1. The fraction of sp³-hybridized carbons (Fsp3) is 0.500. The topological polar surface area (TPSA) is 83.8 Å². The predicted molar refractivity (Wildman–Crippen MR) is 83.8 cm³/mol. The molecule has 0 saturated heterocycles. The molecule has 112 valence electrons. The number of nitrogens with one attached hydrogen (secondary N) is 2. The molecule has 1 amide bonds. The molecule has 2 aromatic heterocycles. The van der Waals surface area contributed by atoms with Crippen molar-refractivity contribution in [2.24, 2.45) is 23.5 Å². The summed E-state index contributed by atoms with van der Waals surface area (Å²) in [6, 6.07) is 3.79. The van der Waals surface area contributed by atoms with Crippen molar-refractivity contribution in [2.45, 2.75) is 26.2 Å². The summed E-state index contributed by atoms with van der Waals surface area (Å²) in [6.45, 7) is 2.89. The molecule has 0 aromatic carbocycles. The molecule has 1 aliphatic rings. The summed E-state index contributed by atoms with van der Waals surface area (Å²) in [5, 5.41) is 4.03. The lowest BCUT2D eigenvalue weighted by atomic mass is 9.74. The van der Waals surface area contributed by atoms with E-state index in [1.54, 1.807) is 6.20 Å². The van der Waals surface area contributed by atoms with Gasteiger partial charge in [-0.3, -0.25) is 4.79 Å². The Bertz CT molecular complexity index is 636. The minimum absolute atomic E-state index is 0.0787. The summed E-state index contributed by atoms with van der Waals surface area (Å²) in [6.07, 6.45) is 6.57. The standard InChI is InChI=1S/C16H22N4O/c1-10-8-11(9-17)2-3-12(10)16(21)20-14-5-7-19-15-13(14)4-6-18-15/h4-7,10-12H,2-3,8-9,17H2,1H3,(H2,18,19,20,21). The van der Waals surface area contributed by atoms with Gasteiger partial charge in [0.15, 0.2) is 0 Å². The summed E-state index contributed by atoms with van der Waals surface area (Å²) in [7, 11) is 0. The number of rotatable bonds is 3. The third-order valence-corrected chi connectivity index (χ3v) is 4.67. The van der Waals surface area contributed by atoms with Gasteiger partial charge < -0.3 is 16.0 Å². The number of hydrogen-bond donors (Lipinski definition) is 3. The lowest BCUT2D eigenvalue weighted by Crippen LogP contribution is -2.35. The van der Waals surface area contributed by atoms with Gasteiger partial charge in [0.25, 0.3) is 0 Å². The van der Waals surface area contributed by atoms with Crippen molar-refractivity contribution < 1.29 is 4.79 Å². The van der Waals surface area contributed by atoms with Crippen LogP contribution in [-0.4, -0.2) is 22.4 Å². The number of hydrogen-bond acceptors (Lipinski definition) is 3. The van der Waals surface area contributed by atoms with Crippen molar-refractivity contribution in [2.75, 3.05) is 11.9 Å². The zero-order valence-electron chi connectivity index (χ0n) is 12.3. The average molecular weight is 286 g/mol. The number of fused-ring (bicyclic) bond motifs is 1. The molecule has 3 atom stereocenters. The van der Waals surface area contributed by atoms with Crippen LogP contribution in [0.25, 0.3) is 11.0 Å². The summed E-state index contributed by atoms with van der Waals surface area (Å²) in [5.41, 5.74) is 7.38. The molecule has 4 N–H and O–H groups in total. The zero-order valence-corrected chi connectivity index (χ0v) is 12.3. The van der Waals surface area contributed by atoms with Gasteiger partial charge in [0.1, 0.15) is 5.65 Å². The smallest absolute Gasteiger partial charge is 0.227 e. The monoisotopic (exact) mass is 286 g/mol. The van der Waals surface area contributed by atoms with E-state index in [1.807, 2.05) is 18.3 Å². The summed E-state index contributed by atoms with van der Waals surface area (Å²) in [5.74, 6) is 1.15. The zero-order chi connectivity index (χ0) is 14.8. The highest BCUT2D eigenvalue weighted by atomic mass is 16.1. The van der Waals surface area contributed by atoms with E-state index in [4.69, 9.17) is 5.73 Å². The molecule has 5 nitrogen and oxygen atoms in total. The van der Waals surface area contributed by atoms with Crippen LogP contribution in [0, 0.1) is 17.8 Å². The first-order valence-electron chi connectivity index (χ1n) is 7.62. The lowest BCUT2D eigenvalue weighted by molar-refractivity contribution is -0.122. The van der Waals surface area contributed by atoms with Gasteiger partial charge in [-0.25, -0.2) is 4.98 Å². The Labute approximate surface area is 124 Å². The number of amides is 1. The number of carbonyl (C=O) groups excluding carboxylic acids is 1. The molecular formula is C16H22N4O. The Morgan fingerprint density at radius 1 is 1.48 bits per heavy atom. The first-order chi connectivity index (χ1) is 10.2. The van der Waals surface area contributed by atoms with Crippen molar-refractivity contribution in [1.29, 1.82) is 0 Å². The maximum atomic E-state index is 12.6. The lowest BCUT2D eigenvalue weighted by Gasteiger charge is -2.32. The van der Waals surface area contributed by atoms with E-state index in [1.165, 1.54) is 0 Å². The maximum Gasteiger partial charge on any atom is 0.227 e. The van der Waals surface area contributed by atoms with Crippen LogP contribution in [0.3, 0.4) is 0 Å². The predicted octanol–water partition coefficient (Wildman–Crippen LogP) is 2.51. The minimum Gasteiger partial charge on any atom is -0.346 e. The highest BCUT2D eigenvalue weighted by Crippen LogP contribution is 2.34. The van der Waals surface area contributed by atoms with E-state index in [9.17, 15) is 4.79 Å². The molecule has 1 aliphatic carbocycles. The molecule has 2 aromatic rings. The second kappa shape index (κ2) is 5.85. The number of nitrogens with zero attached hydrogens (tertiary/aromatic N) is 1. The fourth-order valence-corrected chi connectivity index (χ4v) is 3.41. The Balaban J connectivity index is 1.73. The summed E-state index contributed by atoms with van der Waals surface area (Å²) >= 11 is 0. The van der Waals surface area contributed by atoms with Crippen molar-refractivity contribution in [1.82, 2.24) is 9.97 Å². The Morgan fingerprint density at radius 2 is 2.33 bits per heavy atom. The van der Waals surface area contributed by atoms with Gasteiger partial charge in [0.05, 0.1) is 5.69 Å². The molecule has 3 rings (SSSR count). The van der Waals surface area contributed by atoms with E-state index in [0.29, 0.717) is 11.8 Å². The second-order valence-corrected chi connectivity index (χ2v) is 6.09. The highest BCUT2D eigenvalue weighted by molar-refractivity contribution is 6.01. The van der Waals surface area contributed by atoms with Crippen molar-refractivity contribution in [3.8, 4) is 0 Å². The third kappa shape index (κ3) is 2.78. The number of nitrogens with two attached hydrogens (primary N) is 1. The van der Waals surface area contributed by atoms with Gasteiger partial charge in [-0.1, -0.05) is 6.92 Å². The number of H-pyrrole nitrogens is 1. The number of aromatic nitrogens is 2. The molecule has 3 unspecified atom stereocenters. The molecule has 0 radical (unpaired) electrons. The SMILES string of the molecule is CC1CC(CN)CCC1C(=O)Nc1ccnc2[nH]ccc12. The fourth-order valence-electron chi connectivity index (χ4n) is 3.41. The number of pyridine rings is 1. The molecule has 21 heavy (non-hydrogen) atoms. The Morgan fingerprint density at radius 3 is 3.10 bits per heavy atom. The third-order valence-electron chi connectivity index (χ3n) is 4.67. The molecule has 5 heteroatoms. The molecule has 0 spiro atoms. The van der Waals surface area contributed by atoms with Gasteiger partial charge >= 0.3 is 0 Å². The normalized spacial score (nSPS) is 25.9. The molecule has 2 heterocycles. The minimum atomic E-state index is 0.0787. The average Bonchev–Trinajstić information content (AvgIpc) is 2.96. The Hall–Kier alpha value is -1.88. The molecule has 0 bridgehead atoms. The first-order valence-corrected chi connectivity index (χ1v) is 7.62. The van der Waals surface area contributed by atoms with Gasteiger partial charge in [0.2, 0.25) is 5.91 Å². The van der Waals surface area contributed by atoms with Gasteiger partial charge in [-0.15, -0.1) is 0 Å². The van der Waals surface area contributed by atoms with Gasteiger partial charge in [-0.2, -0.15) is 0 Å². The maximum absolute atomic E-state index is 12.6. The quantitative estimate of drug-likeness (QED) is 0.810. The van der Waals surface area contributed by atoms with E-state index in [2.05, 4.69) is 22.2 Å². The first kappa shape index (κ1) is 14.1. The van der Waals surface area contributed by atoms with Gasteiger partial charge in [0, 0.05) is 23.7 Å². The Kier molecular flexibility index (Phi) is 3.92. The number of anilines is 1. The molecule has 0 aliphatic heterocycles. The largest absolute Gasteiger partial charge is 0.346 e. The highest BCUT2D eigenvalue weighted by Gasteiger charge is 2.31. The van der Waals surface area contributed by atoms with Crippen LogP contribution < -0.4 is 11.1 Å². The molecule has 1 fully saturated rings. The van der Waals surface area contributed by atoms with Crippen LogP contribution in [0.15, 0.2) is 24.5 Å². The van der Waals surface area contributed by atoms with E-state index >= 15 is 0 Å². The number of carbonyl (C=O) groups is 1. The van der Waals surface area contributed by atoms with E-state index < -0.39 is 0 Å². The van der Waals surface area contributed by atoms with Crippen LogP contribution >= 0.6 is 0 Å². The van der Waals surface area contributed by atoms with Crippen LogP contribution in [0.2, 0.25) is 0 Å². The second-order valence-electron chi connectivity index (χ2n) is 6.09. The van der Waals surface area contributed by atoms with Crippen molar-refractivity contribution in [3.05, 3.63) is 24.5 Å². The summed E-state index contributed by atoms with van der Waals surface area (Å²) in [4.78, 5) is 19.9. The van der Waals surface area contributed by atoms with Crippen molar-refractivity contribution in [3.63, 3.8) is 0 Å². The van der Waals surface area contributed by atoms with Gasteiger partial charge in [-0.05, 0) is 49.8 Å². The van der Waals surface area contributed by atoms with Crippen molar-refractivity contribution >= 4 is 22.6 Å². The molecule has 1 saturated carbocycles. The molecular weight excluding hydrogens is 264 g/mol. The van der Waals surface area contributed by atoms with Crippen LogP contribution in [0.4, 0.5) is 5.69 Å². The van der Waals surface area contributed by atoms with Crippen LogP contribution in [-0.2, 0) is 4.79 Å². The van der Waals surface area contributed by atoms with Crippen LogP contribution in [0.5, 0.6) is 0 Å². The van der Waals surface area contributed by atoms with E-state index in [-0.39, 0.29) is 11.8 Å². The van der Waals surface area contributed by atoms with E-state index in [0.717, 1.165) is 42.5 Å². The summed E-state index contributed by atoms with van der Waals surface area (Å²) < 4.78 is 0.